The number of hydrogen-bond donors (Lipinski definition) is 1. The van der Waals surface area contributed by atoms with Gasteiger partial charge < -0.3 is 5.73 Å². The zero-order chi connectivity index (χ0) is 9.10. The van der Waals surface area contributed by atoms with Gasteiger partial charge in [-0.2, -0.15) is 0 Å². The second kappa shape index (κ2) is 4.17. The number of piperidine rings is 1. The number of likely N-dealkylation sites (tertiary alicyclic amines) is 1. The molecule has 1 fully saturated rings. The highest BCUT2D eigenvalue weighted by Gasteiger charge is 2.15. The van der Waals surface area contributed by atoms with Crippen molar-refractivity contribution in [3.8, 4) is 0 Å². The van der Waals surface area contributed by atoms with E-state index in [1.807, 2.05) is 11.7 Å². The molecule has 0 unspecified atom stereocenters. The molecule has 0 atom stereocenters. The van der Waals surface area contributed by atoms with Crippen molar-refractivity contribution >= 4 is 11.3 Å². The first-order chi connectivity index (χ1) is 6.34. The van der Waals surface area contributed by atoms with Crippen LogP contribution in [0.1, 0.15) is 17.7 Å². The first-order valence-electron chi connectivity index (χ1n) is 4.70. The highest BCUT2D eigenvalue weighted by molar-refractivity contribution is 7.09. The number of nitrogens with two attached hydrogens (primary N) is 1. The second-order valence-electron chi connectivity index (χ2n) is 3.58. The van der Waals surface area contributed by atoms with Crippen molar-refractivity contribution in [1.82, 2.24) is 9.88 Å². The van der Waals surface area contributed by atoms with Crippen LogP contribution in [0.5, 0.6) is 0 Å². The third-order valence-corrected chi connectivity index (χ3v) is 3.26. The Kier molecular flexibility index (Phi) is 2.93. The van der Waals surface area contributed by atoms with E-state index in [1.165, 1.54) is 4.88 Å². The summed E-state index contributed by atoms with van der Waals surface area (Å²) >= 11 is 1.73. The number of aromatic nitrogens is 1. The van der Waals surface area contributed by atoms with Gasteiger partial charge in [-0.3, -0.25) is 9.88 Å². The largest absolute Gasteiger partial charge is 0.328 e. The van der Waals surface area contributed by atoms with Gasteiger partial charge in [-0.25, -0.2) is 0 Å². The monoisotopic (exact) mass is 197 g/mol. The van der Waals surface area contributed by atoms with Crippen LogP contribution in [0.2, 0.25) is 0 Å². The second-order valence-corrected chi connectivity index (χ2v) is 4.55. The van der Waals surface area contributed by atoms with Crippen LogP contribution in [-0.4, -0.2) is 29.0 Å². The smallest absolute Gasteiger partial charge is 0.0794 e. The number of nitrogens with zero attached hydrogens (tertiary/aromatic N) is 2. The van der Waals surface area contributed by atoms with E-state index in [0.717, 1.165) is 32.5 Å². The fraction of sp³-hybridized carbons (Fsp3) is 0.667. The lowest BCUT2D eigenvalue weighted by Crippen LogP contribution is -2.39. The minimum atomic E-state index is 0.428. The van der Waals surface area contributed by atoms with E-state index in [-0.39, 0.29) is 0 Å². The molecule has 0 bridgehead atoms. The van der Waals surface area contributed by atoms with Crippen LogP contribution in [-0.2, 0) is 6.54 Å². The van der Waals surface area contributed by atoms with Crippen LogP contribution in [0.4, 0.5) is 0 Å². The normalized spacial score (nSPS) is 20.7. The van der Waals surface area contributed by atoms with Gasteiger partial charge in [0.05, 0.1) is 5.51 Å². The van der Waals surface area contributed by atoms with Crippen LogP contribution in [0.25, 0.3) is 0 Å². The van der Waals surface area contributed by atoms with E-state index in [0.29, 0.717) is 6.04 Å². The molecule has 1 aromatic rings. The van der Waals surface area contributed by atoms with Crippen LogP contribution >= 0.6 is 11.3 Å². The molecule has 72 valence electrons. The molecule has 0 aliphatic carbocycles. The Morgan fingerprint density at radius 2 is 2.31 bits per heavy atom. The van der Waals surface area contributed by atoms with Crippen LogP contribution in [0.3, 0.4) is 0 Å². The van der Waals surface area contributed by atoms with Crippen LogP contribution in [0.15, 0.2) is 11.7 Å². The summed E-state index contributed by atoms with van der Waals surface area (Å²) in [4.78, 5) is 7.88. The van der Waals surface area contributed by atoms with E-state index in [1.54, 1.807) is 11.3 Å². The Hall–Kier alpha value is -0.450. The minimum Gasteiger partial charge on any atom is -0.328 e. The van der Waals surface area contributed by atoms with Gasteiger partial charge >= 0.3 is 0 Å². The van der Waals surface area contributed by atoms with Crippen molar-refractivity contribution in [2.24, 2.45) is 5.73 Å². The molecule has 3 nitrogen and oxygen atoms in total. The maximum atomic E-state index is 5.83. The van der Waals surface area contributed by atoms with Gasteiger partial charge in [0.15, 0.2) is 0 Å². The van der Waals surface area contributed by atoms with Crippen LogP contribution < -0.4 is 5.73 Å². The summed E-state index contributed by atoms with van der Waals surface area (Å²) in [7, 11) is 0. The van der Waals surface area contributed by atoms with Gasteiger partial charge in [-0.05, 0) is 25.9 Å². The average Bonchev–Trinajstić information content (AvgIpc) is 2.62. The molecule has 4 heteroatoms. The molecule has 0 radical (unpaired) electrons. The molecule has 1 saturated heterocycles. The van der Waals surface area contributed by atoms with Gasteiger partial charge in [0, 0.05) is 23.7 Å². The van der Waals surface area contributed by atoms with Crippen molar-refractivity contribution in [1.29, 1.82) is 0 Å². The van der Waals surface area contributed by atoms with E-state index in [4.69, 9.17) is 5.73 Å². The lowest BCUT2D eigenvalue weighted by Gasteiger charge is -2.29. The summed E-state index contributed by atoms with van der Waals surface area (Å²) in [6.45, 7) is 3.33. The Balaban J connectivity index is 1.83. The summed E-state index contributed by atoms with van der Waals surface area (Å²) < 4.78 is 0. The Morgan fingerprint density at radius 1 is 1.54 bits per heavy atom. The van der Waals surface area contributed by atoms with Gasteiger partial charge in [0.25, 0.3) is 0 Å². The third kappa shape index (κ3) is 2.49. The van der Waals surface area contributed by atoms with Crippen molar-refractivity contribution in [2.75, 3.05) is 13.1 Å². The molecule has 0 spiro atoms. The first kappa shape index (κ1) is 9.12. The van der Waals surface area contributed by atoms with E-state index < -0.39 is 0 Å². The SMILES string of the molecule is NC1CCN(Cc2cncs2)CC1. The molecule has 0 saturated carbocycles. The molecule has 1 aromatic heterocycles. The van der Waals surface area contributed by atoms with Crippen molar-refractivity contribution in [3.05, 3.63) is 16.6 Å². The standard InChI is InChI=1S/C9H15N3S/c10-8-1-3-12(4-2-8)6-9-5-11-7-13-9/h5,7-8H,1-4,6,10H2. The molecule has 0 aromatic carbocycles. The minimum absolute atomic E-state index is 0.428. The quantitative estimate of drug-likeness (QED) is 0.771. The molecule has 13 heavy (non-hydrogen) atoms. The topological polar surface area (TPSA) is 42.1 Å². The molecular weight excluding hydrogens is 182 g/mol. The highest BCUT2D eigenvalue weighted by Crippen LogP contribution is 2.14. The third-order valence-electron chi connectivity index (χ3n) is 2.50. The highest BCUT2D eigenvalue weighted by atomic mass is 32.1. The summed E-state index contributed by atoms with van der Waals surface area (Å²) in [5, 5.41) is 0. The molecule has 2 rings (SSSR count). The zero-order valence-corrected chi connectivity index (χ0v) is 8.46. The molecular formula is C9H15N3S. The van der Waals surface area contributed by atoms with Crippen molar-refractivity contribution in [3.63, 3.8) is 0 Å². The zero-order valence-electron chi connectivity index (χ0n) is 7.65. The van der Waals surface area contributed by atoms with E-state index >= 15 is 0 Å². The molecule has 2 heterocycles. The lowest BCUT2D eigenvalue weighted by molar-refractivity contribution is 0.207. The molecule has 1 aliphatic rings. The maximum Gasteiger partial charge on any atom is 0.0794 e. The fourth-order valence-corrected chi connectivity index (χ4v) is 2.29. The molecule has 2 N–H and O–H groups in total. The lowest BCUT2D eigenvalue weighted by atomic mass is 10.1. The van der Waals surface area contributed by atoms with Crippen molar-refractivity contribution < 1.29 is 0 Å². The van der Waals surface area contributed by atoms with Crippen LogP contribution in [0, 0.1) is 0 Å². The summed E-state index contributed by atoms with van der Waals surface area (Å²) in [6, 6.07) is 0.428. The molecule has 0 amide bonds. The first-order valence-corrected chi connectivity index (χ1v) is 5.58. The van der Waals surface area contributed by atoms with Gasteiger partial charge in [-0.15, -0.1) is 11.3 Å². The van der Waals surface area contributed by atoms with E-state index in [9.17, 15) is 0 Å². The molecule has 1 aliphatic heterocycles. The number of hydrogen-bond acceptors (Lipinski definition) is 4. The van der Waals surface area contributed by atoms with Crippen molar-refractivity contribution in [2.45, 2.75) is 25.4 Å². The van der Waals surface area contributed by atoms with Gasteiger partial charge in [-0.1, -0.05) is 0 Å². The summed E-state index contributed by atoms with van der Waals surface area (Å²) in [5.41, 5.74) is 7.73. The average molecular weight is 197 g/mol. The number of rotatable bonds is 2. The summed E-state index contributed by atoms with van der Waals surface area (Å²) in [6.07, 6.45) is 4.23. The Labute approximate surface area is 82.6 Å². The predicted octanol–water partition coefficient (Wildman–Crippen LogP) is 1.07. The maximum absolute atomic E-state index is 5.83. The van der Waals surface area contributed by atoms with Gasteiger partial charge in [0.1, 0.15) is 0 Å². The Morgan fingerprint density at radius 3 is 2.92 bits per heavy atom. The predicted molar refractivity (Wildman–Crippen MR) is 54.6 cm³/mol. The van der Waals surface area contributed by atoms with Gasteiger partial charge in [0.2, 0.25) is 0 Å². The fourth-order valence-electron chi connectivity index (χ4n) is 1.65. The summed E-state index contributed by atoms with van der Waals surface area (Å²) in [5.74, 6) is 0. The van der Waals surface area contributed by atoms with E-state index in [2.05, 4.69) is 9.88 Å². The Bertz CT molecular complexity index is 239. The number of thiazole rings is 1.